The molecule has 0 atom stereocenters. The van der Waals surface area contributed by atoms with Crippen molar-refractivity contribution < 1.29 is 18.3 Å². The van der Waals surface area contributed by atoms with Crippen molar-refractivity contribution >= 4 is 68.0 Å². The normalized spacial score (nSPS) is 11.4. The molecule has 0 aliphatic heterocycles. The molecule has 0 radical (unpaired) electrons. The Morgan fingerprint density at radius 1 is 0.958 bits per heavy atom. The van der Waals surface area contributed by atoms with E-state index in [0.29, 0.717) is 4.31 Å². The Bertz CT molecular complexity index is 887. The van der Waals surface area contributed by atoms with E-state index in [4.69, 9.17) is 46.4 Å². The SMILES string of the molecule is CC(=O)N(c1c(Cl)c(Cl)c(O)c(Cl)c1Cl)S(=O)(=O)c1ccccc1. The number of anilines is 1. The molecule has 10 heteroatoms. The molecule has 0 bridgehead atoms. The van der Waals surface area contributed by atoms with Crippen LogP contribution in [0, 0.1) is 0 Å². The van der Waals surface area contributed by atoms with E-state index in [2.05, 4.69) is 0 Å². The van der Waals surface area contributed by atoms with Gasteiger partial charge in [-0.3, -0.25) is 4.79 Å². The molecular formula is C14H9Cl4NO4S. The quantitative estimate of drug-likeness (QED) is 0.715. The van der Waals surface area contributed by atoms with Gasteiger partial charge in [0.1, 0.15) is 15.7 Å². The number of halogens is 4. The molecular weight excluding hydrogens is 420 g/mol. The van der Waals surface area contributed by atoms with Gasteiger partial charge in [0.15, 0.2) is 5.75 Å². The van der Waals surface area contributed by atoms with Crippen LogP contribution in [0.4, 0.5) is 5.69 Å². The predicted molar refractivity (Wildman–Crippen MR) is 94.9 cm³/mol. The second-order valence-corrected chi connectivity index (χ2v) is 7.85. The zero-order chi connectivity index (χ0) is 18.2. The van der Waals surface area contributed by atoms with Crippen LogP contribution in [-0.2, 0) is 14.8 Å². The molecule has 0 fully saturated rings. The number of carbonyl (C=O) groups is 1. The number of hydrogen-bond donors (Lipinski definition) is 1. The van der Waals surface area contributed by atoms with Crippen LogP contribution < -0.4 is 4.31 Å². The van der Waals surface area contributed by atoms with Crippen LogP contribution in [0.3, 0.4) is 0 Å². The topological polar surface area (TPSA) is 74.7 Å². The van der Waals surface area contributed by atoms with Crippen LogP contribution in [0.25, 0.3) is 0 Å². The summed E-state index contributed by atoms with van der Waals surface area (Å²) in [5, 5.41) is 8.07. The maximum atomic E-state index is 12.8. The number of nitrogens with zero attached hydrogens (tertiary/aromatic N) is 1. The summed E-state index contributed by atoms with van der Waals surface area (Å²) in [5.74, 6) is -1.50. The summed E-state index contributed by atoms with van der Waals surface area (Å²) in [6, 6.07) is 7.20. The van der Waals surface area contributed by atoms with Crippen molar-refractivity contribution in [2.75, 3.05) is 4.31 Å². The van der Waals surface area contributed by atoms with Gasteiger partial charge in [0.05, 0.1) is 14.9 Å². The first kappa shape index (κ1) is 19.1. The van der Waals surface area contributed by atoms with Crippen molar-refractivity contribution in [1.29, 1.82) is 0 Å². The molecule has 0 aromatic heterocycles. The van der Waals surface area contributed by atoms with Gasteiger partial charge in [0.2, 0.25) is 5.91 Å². The lowest BCUT2D eigenvalue weighted by atomic mass is 10.3. The van der Waals surface area contributed by atoms with Gasteiger partial charge in [0, 0.05) is 6.92 Å². The number of aromatic hydroxyl groups is 1. The Kier molecular flexibility index (Phi) is 5.57. The van der Waals surface area contributed by atoms with Gasteiger partial charge in [-0.15, -0.1) is 0 Å². The van der Waals surface area contributed by atoms with E-state index in [1.807, 2.05) is 0 Å². The molecule has 0 saturated carbocycles. The van der Waals surface area contributed by atoms with E-state index in [9.17, 15) is 18.3 Å². The molecule has 0 spiro atoms. The first-order valence-corrected chi connectivity index (χ1v) is 9.21. The summed E-state index contributed by atoms with van der Waals surface area (Å²) in [6.45, 7) is 1.02. The average molecular weight is 429 g/mol. The number of hydrogen-bond acceptors (Lipinski definition) is 4. The number of amides is 1. The van der Waals surface area contributed by atoms with Crippen molar-refractivity contribution in [3.05, 3.63) is 50.4 Å². The van der Waals surface area contributed by atoms with E-state index < -0.39 is 47.5 Å². The third-order valence-corrected chi connectivity index (χ3v) is 6.44. The number of benzene rings is 2. The fourth-order valence-corrected chi connectivity index (χ4v) is 4.51. The van der Waals surface area contributed by atoms with E-state index in [1.54, 1.807) is 6.07 Å². The highest BCUT2D eigenvalue weighted by Crippen LogP contribution is 2.50. The first-order valence-electron chi connectivity index (χ1n) is 6.26. The van der Waals surface area contributed by atoms with E-state index in [-0.39, 0.29) is 4.90 Å². The Labute approximate surface area is 158 Å². The summed E-state index contributed by atoms with van der Waals surface area (Å²) >= 11 is 23.7. The fraction of sp³-hybridized carbons (Fsp3) is 0.0714. The van der Waals surface area contributed by atoms with Crippen molar-refractivity contribution in [3.63, 3.8) is 0 Å². The molecule has 1 N–H and O–H groups in total. The van der Waals surface area contributed by atoms with Crippen LogP contribution in [0.2, 0.25) is 20.1 Å². The minimum atomic E-state index is -4.33. The summed E-state index contributed by atoms with van der Waals surface area (Å²) in [7, 11) is -4.33. The maximum Gasteiger partial charge on any atom is 0.270 e. The molecule has 24 heavy (non-hydrogen) atoms. The van der Waals surface area contributed by atoms with Crippen LogP contribution >= 0.6 is 46.4 Å². The predicted octanol–water partition coefficient (Wildman–Crippen LogP) is 4.75. The van der Waals surface area contributed by atoms with Crippen LogP contribution in [0.15, 0.2) is 35.2 Å². The average Bonchev–Trinajstić information content (AvgIpc) is 2.55. The zero-order valence-corrected chi connectivity index (χ0v) is 15.8. The summed E-state index contributed by atoms with van der Waals surface area (Å²) in [5.41, 5.74) is -0.428. The number of rotatable bonds is 3. The highest BCUT2D eigenvalue weighted by Gasteiger charge is 2.34. The second-order valence-electron chi connectivity index (χ2n) is 4.55. The smallest absolute Gasteiger partial charge is 0.270 e. The zero-order valence-electron chi connectivity index (χ0n) is 11.9. The first-order chi connectivity index (χ1) is 11.1. The Morgan fingerprint density at radius 3 is 1.83 bits per heavy atom. The van der Waals surface area contributed by atoms with Gasteiger partial charge < -0.3 is 5.11 Å². The molecule has 2 aromatic carbocycles. The van der Waals surface area contributed by atoms with Gasteiger partial charge in [-0.2, -0.15) is 4.31 Å². The summed E-state index contributed by atoms with van der Waals surface area (Å²) < 4.78 is 26.0. The van der Waals surface area contributed by atoms with Gasteiger partial charge in [-0.05, 0) is 12.1 Å². The Hall–Kier alpha value is -1.18. The number of carbonyl (C=O) groups excluding carboxylic acids is 1. The molecule has 2 rings (SSSR count). The molecule has 0 unspecified atom stereocenters. The molecule has 1 amide bonds. The van der Waals surface area contributed by atoms with Crippen molar-refractivity contribution in [2.45, 2.75) is 11.8 Å². The van der Waals surface area contributed by atoms with Crippen molar-refractivity contribution in [2.24, 2.45) is 0 Å². The standard InChI is InChI=1S/C14H9Cl4NO4S/c1-7(20)19(24(22,23)8-5-3-2-4-6-8)13-9(15)11(17)14(21)12(18)10(13)16/h2-6,21H,1H3. The van der Waals surface area contributed by atoms with Gasteiger partial charge in [0.25, 0.3) is 10.0 Å². The third kappa shape index (κ3) is 3.17. The monoisotopic (exact) mass is 427 g/mol. The summed E-state index contributed by atoms with van der Waals surface area (Å²) in [6.07, 6.45) is 0. The van der Waals surface area contributed by atoms with Gasteiger partial charge in [-0.1, -0.05) is 64.6 Å². The molecule has 128 valence electrons. The Balaban J connectivity index is 2.83. The van der Waals surface area contributed by atoms with Crippen LogP contribution in [-0.4, -0.2) is 19.4 Å². The van der Waals surface area contributed by atoms with Crippen LogP contribution in [0.1, 0.15) is 6.92 Å². The van der Waals surface area contributed by atoms with E-state index in [1.165, 1.54) is 24.3 Å². The lowest BCUT2D eigenvalue weighted by Crippen LogP contribution is -2.35. The lowest BCUT2D eigenvalue weighted by molar-refractivity contribution is -0.115. The molecule has 2 aromatic rings. The van der Waals surface area contributed by atoms with E-state index >= 15 is 0 Å². The number of phenols is 1. The van der Waals surface area contributed by atoms with Gasteiger partial charge in [-0.25, -0.2) is 8.42 Å². The molecule has 0 saturated heterocycles. The molecule has 0 aliphatic carbocycles. The fourth-order valence-electron chi connectivity index (χ4n) is 1.93. The number of phenolic OH excluding ortho intramolecular Hbond substituents is 1. The molecule has 0 heterocycles. The van der Waals surface area contributed by atoms with Crippen molar-refractivity contribution in [1.82, 2.24) is 0 Å². The highest BCUT2D eigenvalue weighted by molar-refractivity contribution is 7.93. The highest BCUT2D eigenvalue weighted by atomic mass is 35.5. The van der Waals surface area contributed by atoms with E-state index in [0.717, 1.165) is 6.92 Å². The van der Waals surface area contributed by atoms with Gasteiger partial charge >= 0.3 is 0 Å². The van der Waals surface area contributed by atoms with Crippen LogP contribution in [0.5, 0.6) is 5.75 Å². The summed E-state index contributed by atoms with van der Waals surface area (Å²) in [4.78, 5) is 11.9. The number of sulfonamides is 1. The molecule has 0 aliphatic rings. The minimum absolute atomic E-state index is 0.160. The lowest BCUT2D eigenvalue weighted by Gasteiger charge is -2.24. The Morgan fingerprint density at radius 2 is 1.42 bits per heavy atom. The largest absolute Gasteiger partial charge is 0.505 e. The van der Waals surface area contributed by atoms with Crippen molar-refractivity contribution in [3.8, 4) is 5.75 Å². The third-order valence-electron chi connectivity index (χ3n) is 2.99. The maximum absolute atomic E-state index is 12.8. The minimum Gasteiger partial charge on any atom is -0.505 e. The second kappa shape index (κ2) is 6.98. The molecule has 5 nitrogen and oxygen atoms in total.